The zero-order valence-electron chi connectivity index (χ0n) is 24.9. The first kappa shape index (κ1) is 35.6. The summed E-state index contributed by atoms with van der Waals surface area (Å²) in [7, 11) is 1.85. The van der Waals surface area contributed by atoms with Crippen molar-refractivity contribution in [2.75, 3.05) is 7.05 Å². The smallest absolute Gasteiger partial charge is 0.196 e. The Balaban J connectivity index is 0.000000859. The molecular weight excluding hydrogens is 503 g/mol. The molecule has 2 aromatic carbocycles. The van der Waals surface area contributed by atoms with Crippen LogP contribution in [0.15, 0.2) is 103 Å². The summed E-state index contributed by atoms with van der Waals surface area (Å²) >= 11 is 1.52. The zero-order chi connectivity index (χ0) is 29.6. The highest BCUT2D eigenvalue weighted by Crippen LogP contribution is 2.27. The molecule has 1 heterocycles. The van der Waals surface area contributed by atoms with Crippen LogP contribution in [0.25, 0.3) is 5.69 Å². The van der Waals surface area contributed by atoms with Crippen molar-refractivity contribution in [1.82, 2.24) is 20.1 Å². The summed E-state index contributed by atoms with van der Waals surface area (Å²) in [6.07, 6.45) is 8.57. The number of rotatable bonds is 10. The molecule has 6 heteroatoms. The summed E-state index contributed by atoms with van der Waals surface area (Å²) < 4.78 is 16.0. The van der Waals surface area contributed by atoms with Gasteiger partial charge in [0.15, 0.2) is 5.16 Å². The van der Waals surface area contributed by atoms with Crippen LogP contribution in [-0.4, -0.2) is 21.8 Å². The number of aryl methyl sites for hydroxylation is 2. The summed E-state index contributed by atoms with van der Waals surface area (Å²) in [5.74, 6) is 1.32. The van der Waals surface area contributed by atoms with Gasteiger partial charge in [-0.15, -0.1) is 10.2 Å². The topological polar surface area (TPSA) is 42.7 Å². The Hall–Kier alpha value is -3.38. The van der Waals surface area contributed by atoms with E-state index < -0.39 is 0 Å². The number of allylic oxidation sites excluding steroid dienone is 5. The molecule has 0 aliphatic heterocycles. The summed E-state index contributed by atoms with van der Waals surface area (Å²) in [5.41, 5.74) is 5.00. The van der Waals surface area contributed by atoms with E-state index in [9.17, 15) is 4.39 Å². The fourth-order valence-electron chi connectivity index (χ4n) is 2.91. The van der Waals surface area contributed by atoms with Crippen LogP contribution < -0.4 is 5.32 Å². The minimum atomic E-state index is -0.178. The van der Waals surface area contributed by atoms with Crippen LogP contribution in [0.2, 0.25) is 0 Å². The van der Waals surface area contributed by atoms with Crippen LogP contribution >= 0.6 is 11.8 Å². The molecule has 3 aromatic rings. The van der Waals surface area contributed by atoms with Gasteiger partial charge in [-0.2, -0.15) is 0 Å². The van der Waals surface area contributed by atoms with Gasteiger partial charge in [-0.05, 0) is 62.2 Å². The molecule has 0 amide bonds. The Labute approximate surface area is 240 Å². The average molecular weight is 551 g/mol. The lowest BCUT2D eigenvalue weighted by Crippen LogP contribution is -2.03. The number of aromatic nitrogens is 3. The number of hydrogen-bond donors (Lipinski definition) is 1. The SMILES string of the molecule is C=C(C)NC.C=C/C=C\C(=C)C.CC.CCCCc1nnc(SCc2ccccc2F)n1-c1cccc(C)c1. The largest absolute Gasteiger partial charge is 0.392 e. The van der Waals surface area contributed by atoms with Gasteiger partial charge < -0.3 is 5.32 Å². The third-order valence-corrected chi connectivity index (χ3v) is 5.95. The van der Waals surface area contributed by atoms with Gasteiger partial charge >= 0.3 is 0 Å². The van der Waals surface area contributed by atoms with E-state index in [-0.39, 0.29) is 5.82 Å². The van der Waals surface area contributed by atoms with E-state index in [0.29, 0.717) is 11.3 Å². The van der Waals surface area contributed by atoms with Gasteiger partial charge in [-0.3, -0.25) is 4.57 Å². The third kappa shape index (κ3) is 15.0. The molecule has 0 saturated carbocycles. The maximum atomic E-state index is 13.9. The normalized spacial score (nSPS) is 9.74. The molecular formula is C33H47FN4S. The first-order valence-corrected chi connectivity index (χ1v) is 14.4. The molecule has 0 aliphatic carbocycles. The number of unbranched alkanes of at least 4 members (excludes halogenated alkanes) is 1. The molecule has 0 saturated heterocycles. The quantitative estimate of drug-likeness (QED) is 0.202. The average Bonchev–Trinajstić information content (AvgIpc) is 3.34. The Kier molecular flexibility index (Phi) is 19.7. The molecule has 0 radical (unpaired) electrons. The van der Waals surface area contributed by atoms with Crippen molar-refractivity contribution < 1.29 is 4.39 Å². The molecule has 212 valence electrons. The monoisotopic (exact) mass is 550 g/mol. The molecule has 0 bridgehead atoms. The molecule has 39 heavy (non-hydrogen) atoms. The minimum absolute atomic E-state index is 0.178. The third-order valence-electron chi connectivity index (χ3n) is 4.97. The highest BCUT2D eigenvalue weighted by atomic mass is 32.2. The number of halogens is 1. The predicted octanol–water partition coefficient (Wildman–Crippen LogP) is 9.42. The Morgan fingerprint density at radius 3 is 2.26 bits per heavy atom. The number of thioether (sulfide) groups is 1. The first-order chi connectivity index (χ1) is 18.7. The molecule has 1 N–H and O–H groups in total. The fourth-order valence-corrected chi connectivity index (χ4v) is 3.86. The zero-order valence-corrected chi connectivity index (χ0v) is 25.7. The first-order valence-electron chi connectivity index (χ1n) is 13.4. The lowest BCUT2D eigenvalue weighted by atomic mass is 10.2. The Bertz CT molecular complexity index is 1160. The van der Waals surface area contributed by atoms with Crippen molar-refractivity contribution in [3.05, 3.63) is 121 Å². The molecule has 0 atom stereocenters. The van der Waals surface area contributed by atoms with Gasteiger partial charge in [-0.25, -0.2) is 4.39 Å². The van der Waals surface area contributed by atoms with Gasteiger partial charge in [0.05, 0.1) is 0 Å². The van der Waals surface area contributed by atoms with Crippen LogP contribution in [-0.2, 0) is 12.2 Å². The molecule has 0 unspecified atom stereocenters. The Morgan fingerprint density at radius 1 is 1.08 bits per heavy atom. The van der Waals surface area contributed by atoms with Crippen LogP contribution in [0.1, 0.15) is 64.4 Å². The van der Waals surface area contributed by atoms with E-state index in [1.807, 2.05) is 65.1 Å². The van der Waals surface area contributed by atoms with E-state index >= 15 is 0 Å². The van der Waals surface area contributed by atoms with Crippen molar-refractivity contribution in [3.8, 4) is 5.69 Å². The standard InChI is InChI=1S/C20H22FN3S.C7H10.C4H9N.C2H6/c1-3-4-12-19-22-23-20(24(19)17-10-7-8-15(2)13-17)25-14-16-9-5-6-11-18(16)21;1-4-5-6-7(2)3;1-4(2)5-3;1-2/h5-11,13H,3-4,12,14H2,1-2H3;4-6H,1-2H2,3H3;5H,1H2,2-3H3;1-2H3/b;6-5-;;. The minimum Gasteiger partial charge on any atom is -0.392 e. The van der Waals surface area contributed by atoms with E-state index in [4.69, 9.17) is 0 Å². The number of nitrogens with zero attached hydrogens (tertiary/aromatic N) is 3. The van der Waals surface area contributed by atoms with Gasteiger partial charge in [0.25, 0.3) is 0 Å². The second-order valence-electron chi connectivity index (χ2n) is 8.53. The second kappa shape index (κ2) is 21.5. The number of hydrogen-bond acceptors (Lipinski definition) is 4. The van der Waals surface area contributed by atoms with Crippen molar-refractivity contribution in [3.63, 3.8) is 0 Å². The van der Waals surface area contributed by atoms with Crippen molar-refractivity contribution in [1.29, 1.82) is 0 Å². The Morgan fingerprint density at radius 2 is 1.74 bits per heavy atom. The van der Waals surface area contributed by atoms with E-state index in [0.717, 1.165) is 47.2 Å². The summed E-state index contributed by atoms with van der Waals surface area (Å²) in [6, 6.07) is 15.2. The van der Waals surface area contributed by atoms with Crippen LogP contribution in [0.4, 0.5) is 4.39 Å². The lowest BCUT2D eigenvalue weighted by molar-refractivity contribution is 0.617. The molecule has 1 aromatic heterocycles. The van der Waals surface area contributed by atoms with Crippen molar-refractivity contribution >= 4 is 11.8 Å². The maximum Gasteiger partial charge on any atom is 0.196 e. The highest BCUT2D eigenvalue weighted by molar-refractivity contribution is 7.98. The van der Waals surface area contributed by atoms with Crippen LogP contribution in [0.5, 0.6) is 0 Å². The highest BCUT2D eigenvalue weighted by Gasteiger charge is 2.15. The molecule has 0 fully saturated rings. The number of benzene rings is 2. The molecule has 0 aliphatic rings. The van der Waals surface area contributed by atoms with E-state index in [1.54, 1.807) is 12.1 Å². The molecule has 0 spiro atoms. The van der Waals surface area contributed by atoms with Gasteiger partial charge in [0.2, 0.25) is 0 Å². The predicted molar refractivity (Wildman–Crippen MR) is 170 cm³/mol. The maximum absolute atomic E-state index is 13.9. The van der Waals surface area contributed by atoms with Gasteiger partial charge in [0, 0.05) is 24.9 Å². The number of nitrogens with one attached hydrogen (secondary N) is 1. The van der Waals surface area contributed by atoms with Gasteiger partial charge in [-0.1, -0.05) is 113 Å². The fraction of sp³-hybridized carbons (Fsp3) is 0.333. The van der Waals surface area contributed by atoms with E-state index in [1.165, 1.54) is 23.4 Å². The van der Waals surface area contributed by atoms with Crippen molar-refractivity contribution in [2.45, 2.75) is 71.7 Å². The van der Waals surface area contributed by atoms with Gasteiger partial charge in [0.1, 0.15) is 11.6 Å². The van der Waals surface area contributed by atoms with E-state index in [2.05, 4.69) is 71.9 Å². The van der Waals surface area contributed by atoms with Crippen molar-refractivity contribution in [2.24, 2.45) is 0 Å². The summed E-state index contributed by atoms with van der Waals surface area (Å²) in [6.45, 7) is 22.8. The summed E-state index contributed by atoms with van der Waals surface area (Å²) in [5, 5.41) is 12.4. The molecule has 4 nitrogen and oxygen atoms in total. The summed E-state index contributed by atoms with van der Waals surface area (Å²) in [4.78, 5) is 0. The van der Waals surface area contributed by atoms with Crippen LogP contribution in [0, 0.1) is 12.7 Å². The molecule has 3 rings (SSSR count). The van der Waals surface area contributed by atoms with Crippen LogP contribution in [0.3, 0.4) is 0 Å². The second-order valence-corrected chi connectivity index (χ2v) is 9.47. The lowest BCUT2D eigenvalue weighted by Gasteiger charge is -2.11.